The minimum absolute atomic E-state index is 0.170. The molecular formula is C11H21BO2. The molecule has 0 radical (unpaired) electrons. The normalized spacial score (nSPS) is 15.3. The number of esters is 1. The van der Waals surface area contributed by atoms with E-state index in [9.17, 15) is 4.79 Å². The average Bonchev–Trinajstić information content (AvgIpc) is 2.02. The molecule has 0 fully saturated rings. The van der Waals surface area contributed by atoms with Crippen LogP contribution in [0.4, 0.5) is 0 Å². The van der Waals surface area contributed by atoms with Crippen molar-refractivity contribution in [2.24, 2.45) is 17.3 Å². The molecule has 1 atom stereocenters. The Balaban J connectivity index is 4.70. The van der Waals surface area contributed by atoms with Crippen molar-refractivity contribution in [1.82, 2.24) is 0 Å². The van der Waals surface area contributed by atoms with E-state index < -0.39 is 5.41 Å². The fourth-order valence-corrected chi connectivity index (χ4v) is 1.61. The van der Waals surface area contributed by atoms with Crippen LogP contribution in [0.25, 0.3) is 0 Å². The van der Waals surface area contributed by atoms with Crippen LogP contribution in [0.15, 0.2) is 0 Å². The molecule has 0 spiro atoms. The molecule has 1 unspecified atom stereocenters. The van der Waals surface area contributed by atoms with E-state index >= 15 is 0 Å². The summed E-state index contributed by atoms with van der Waals surface area (Å²) in [4.78, 5) is 11.7. The second-order valence-electron chi connectivity index (χ2n) is 4.74. The van der Waals surface area contributed by atoms with Crippen molar-refractivity contribution in [3.63, 3.8) is 0 Å². The summed E-state index contributed by atoms with van der Waals surface area (Å²) in [5.74, 6) is 0.591. The first-order valence-corrected chi connectivity index (χ1v) is 5.16. The summed E-state index contributed by atoms with van der Waals surface area (Å²) in [6.45, 7) is 10.3. The van der Waals surface area contributed by atoms with E-state index in [0.717, 1.165) is 6.42 Å². The molecule has 2 nitrogen and oxygen atoms in total. The molecule has 0 N–H and O–H groups in total. The third-order valence-corrected chi connectivity index (χ3v) is 2.76. The molecule has 0 aliphatic carbocycles. The molecule has 0 saturated carbocycles. The quantitative estimate of drug-likeness (QED) is 0.495. The zero-order valence-corrected chi connectivity index (χ0v) is 9.96. The van der Waals surface area contributed by atoms with E-state index in [1.807, 2.05) is 20.8 Å². The first kappa shape index (κ1) is 13.4. The number of rotatable bonds is 5. The molecule has 0 bridgehead atoms. The molecule has 0 aliphatic heterocycles. The van der Waals surface area contributed by atoms with E-state index in [1.54, 1.807) is 0 Å². The van der Waals surface area contributed by atoms with Crippen molar-refractivity contribution in [2.75, 3.05) is 0 Å². The molecule has 0 aromatic carbocycles. The van der Waals surface area contributed by atoms with Gasteiger partial charge in [-0.15, -0.1) is 0 Å². The van der Waals surface area contributed by atoms with Crippen LogP contribution in [0, 0.1) is 17.3 Å². The van der Waals surface area contributed by atoms with Gasteiger partial charge in [0.05, 0.1) is 0 Å². The second-order valence-corrected chi connectivity index (χ2v) is 4.74. The van der Waals surface area contributed by atoms with Gasteiger partial charge in [0.1, 0.15) is 0 Å². The predicted molar refractivity (Wildman–Crippen MR) is 61.7 cm³/mol. The molecule has 80 valence electrons. The summed E-state index contributed by atoms with van der Waals surface area (Å²) in [5.41, 5.74) is -0.400. The van der Waals surface area contributed by atoms with Gasteiger partial charge in [-0.1, -0.05) is 0 Å². The molecule has 0 aromatic rings. The third-order valence-electron chi connectivity index (χ3n) is 2.76. The summed E-state index contributed by atoms with van der Waals surface area (Å²) in [6, 6.07) is 0. The molecule has 0 heterocycles. The van der Waals surface area contributed by atoms with Crippen LogP contribution >= 0.6 is 0 Å². The van der Waals surface area contributed by atoms with Gasteiger partial charge in [0, 0.05) is 0 Å². The first-order valence-electron chi connectivity index (χ1n) is 5.16. The maximum absolute atomic E-state index is 11.7. The van der Waals surface area contributed by atoms with Gasteiger partial charge in [-0.05, 0) is 0 Å². The van der Waals surface area contributed by atoms with E-state index in [4.69, 9.17) is 4.74 Å². The van der Waals surface area contributed by atoms with E-state index in [1.165, 1.54) is 6.15 Å². The molecular weight excluding hydrogens is 175 g/mol. The van der Waals surface area contributed by atoms with Gasteiger partial charge in [0.25, 0.3) is 0 Å². The van der Waals surface area contributed by atoms with Gasteiger partial charge < -0.3 is 0 Å². The van der Waals surface area contributed by atoms with Crippen LogP contribution < -0.4 is 0 Å². The monoisotopic (exact) mass is 196 g/mol. The van der Waals surface area contributed by atoms with Crippen LogP contribution in [-0.4, -0.2) is 19.6 Å². The summed E-state index contributed by atoms with van der Waals surface area (Å²) >= 11 is 0. The van der Waals surface area contributed by atoms with Gasteiger partial charge in [-0.3, -0.25) is 0 Å². The number of carbonyl (C=O) groups is 1. The second kappa shape index (κ2) is 5.33. The van der Waals surface area contributed by atoms with Gasteiger partial charge in [0.15, 0.2) is 0 Å². The van der Waals surface area contributed by atoms with Crippen molar-refractivity contribution < 1.29 is 9.53 Å². The first-order chi connectivity index (χ1) is 6.34. The summed E-state index contributed by atoms with van der Waals surface area (Å²) in [5, 5.41) is 0. The van der Waals surface area contributed by atoms with Crippen molar-refractivity contribution >= 4 is 19.6 Å². The number of carbonyl (C=O) groups excluding carboxylic acids is 1. The predicted octanol–water partition coefficient (Wildman–Crippen LogP) is 1.90. The molecule has 0 saturated heterocycles. The Bertz CT molecular complexity index is 211. The summed E-state index contributed by atoms with van der Waals surface area (Å²) in [6.07, 6.45) is 2.06. The Hall–Kier alpha value is -0.595. The van der Waals surface area contributed by atoms with Crippen LogP contribution in [0.3, 0.4) is 0 Å². The minimum atomic E-state index is -0.400. The number of hydrogen-bond acceptors (Lipinski definition) is 2. The Morgan fingerprint density at radius 1 is 1.43 bits per heavy atom. The summed E-state index contributed by atoms with van der Waals surface area (Å²) in [7, 11) is 3.41. The van der Waals surface area contributed by atoms with Gasteiger partial charge in [-0.25, -0.2) is 0 Å². The standard InChI is InChI=1S/C11H21BO2/c1-8(2)6-11(5,9(3)4)10(13)14-7-12/h7-9,12H,6H2,1-5H3. The topological polar surface area (TPSA) is 26.3 Å². The zero-order valence-electron chi connectivity index (χ0n) is 9.96. The molecule has 0 aliphatic rings. The average molecular weight is 196 g/mol. The number of ether oxygens (including phenoxy) is 1. The maximum atomic E-state index is 11.7. The Kier molecular flexibility index (Phi) is 5.10. The Morgan fingerprint density at radius 2 is 1.93 bits per heavy atom. The molecule has 3 heteroatoms. The fraction of sp³-hybridized carbons (Fsp3) is 0.818. The Labute approximate surface area is 88.1 Å². The van der Waals surface area contributed by atoms with Gasteiger partial charge in [-0.2, -0.15) is 0 Å². The van der Waals surface area contributed by atoms with Crippen molar-refractivity contribution in [3.05, 3.63) is 0 Å². The van der Waals surface area contributed by atoms with Crippen molar-refractivity contribution in [2.45, 2.75) is 41.0 Å². The number of hydrogen-bond donors (Lipinski definition) is 0. The van der Waals surface area contributed by atoms with Crippen molar-refractivity contribution in [1.29, 1.82) is 0 Å². The fourth-order valence-electron chi connectivity index (χ4n) is 1.61. The molecule has 0 aromatic heterocycles. The molecule has 0 rings (SSSR count). The van der Waals surface area contributed by atoms with Crippen LogP contribution in [0.2, 0.25) is 0 Å². The summed E-state index contributed by atoms with van der Waals surface area (Å²) < 4.78 is 4.89. The van der Waals surface area contributed by atoms with Crippen LogP contribution in [-0.2, 0) is 9.53 Å². The Morgan fingerprint density at radius 3 is 2.21 bits per heavy atom. The van der Waals surface area contributed by atoms with Gasteiger partial charge >= 0.3 is 87.4 Å². The van der Waals surface area contributed by atoms with Crippen molar-refractivity contribution in [3.8, 4) is 0 Å². The van der Waals surface area contributed by atoms with E-state index in [0.29, 0.717) is 5.92 Å². The third kappa shape index (κ3) is 3.28. The van der Waals surface area contributed by atoms with Crippen LogP contribution in [0.1, 0.15) is 41.0 Å². The SMILES string of the molecule is B=COC(=O)C(C)(CC(C)C)C(C)C. The van der Waals surface area contributed by atoms with Gasteiger partial charge in [0.2, 0.25) is 0 Å². The molecule has 0 amide bonds. The zero-order chi connectivity index (χ0) is 11.4. The van der Waals surface area contributed by atoms with Crippen LogP contribution in [0.5, 0.6) is 0 Å². The van der Waals surface area contributed by atoms with E-state index in [2.05, 4.69) is 21.3 Å². The molecule has 14 heavy (non-hydrogen) atoms. The van der Waals surface area contributed by atoms with E-state index in [-0.39, 0.29) is 11.9 Å².